The van der Waals surface area contributed by atoms with Crippen LogP contribution >= 0.6 is 0 Å². The Bertz CT molecular complexity index is 454. The average molecular weight is 277 g/mol. The Morgan fingerprint density at radius 3 is 2.55 bits per heavy atom. The first-order valence-electron chi connectivity index (χ1n) is 7.45. The summed E-state index contributed by atoms with van der Waals surface area (Å²) in [4.78, 5) is 13.3. The average Bonchev–Trinajstić information content (AvgIpc) is 2.69. The zero-order chi connectivity index (χ0) is 14.4. The molecule has 1 saturated heterocycles. The Labute approximate surface area is 120 Å². The molecule has 1 aliphatic heterocycles. The first kappa shape index (κ1) is 14.8. The number of hydrogen-bond donors (Lipinski definition) is 1. The van der Waals surface area contributed by atoms with Crippen LogP contribution in [0.4, 0.5) is 11.4 Å². The maximum absolute atomic E-state index is 11.1. The summed E-state index contributed by atoms with van der Waals surface area (Å²) >= 11 is 0. The first-order chi connectivity index (χ1) is 9.72. The minimum Gasteiger partial charge on any atom is -0.380 e. The molecule has 1 aliphatic rings. The molecule has 1 aromatic rings. The Balaban J connectivity index is 2.20. The second-order valence-electron chi connectivity index (χ2n) is 5.29. The number of nitro groups is 1. The molecule has 0 saturated carbocycles. The molecule has 0 radical (unpaired) electrons. The highest BCUT2D eigenvalue weighted by molar-refractivity contribution is 5.66. The molecule has 1 aromatic carbocycles. The van der Waals surface area contributed by atoms with E-state index < -0.39 is 0 Å². The van der Waals surface area contributed by atoms with Crippen LogP contribution in [0.5, 0.6) is 0 Å². The van der Waals surface area contributed by atoms with Gasteiger partial charge in [0.1, 0.15) is 5.69 Å². The SMILES string of the molecule is CCNc1c(CN2CCCCCC2)cccc1[N+](=O)[O-]. The zero-order valence-electron chi connectivity index (χ0n) is 12.1. The van der Waals surface area contributed by atoms with E-state index in [1.807, 2.05) is 13.0 Å². The van der Waals surface area contributed by atoms with Crippen LogP contribution in [0.3, 0.4) is 0 Å². The summed E-state index contributed by atoms with van der Waals surface area (Å²) in [5.74, 6) is 0. The molecule has 5 heteroatoms. The van der Waals surface area contributed by atoms with Crippen molar-refractivity contribution in [3.05, 3.63) is 33.9 Å². The van der Waals surface area contributed by atoms with Crippen molar-refractivity contribution in [1.82, 2.24) is 4.90 Å². The smallest absolute Gasteiger partial charge is 0.292 e. The quantitative estimate of drug-likeness (QED) is 0.662. The number of hydrogen-bond acceptors (Lipinski definition) is 4. The van der Waals surface area contributed by atoms with E-state index in [9.17, 15) is 10.1 Å². The molecular weight excluding hydrogens is 254 g/mol. The maximum atomic E-state index is 11.1. The highest BCUT2D eigenvalue weighted by atomic mass is 16.6. The van der Waals surface area contributed by atoms with Crippen molar-refractivity contribution in [2.75, 3.05) is 25.0 Å². The van der Waals surface area contributed by atoms with Gasteiger partial charge in [0.2, 0.25) is 0 Å². The van der Waals surface area contributed by atoms with E-state index in [1.54, 1.807) is 12.1 Å². The summed E-state index contributed by atoms with van der Waals surface area (Å²) in [6.45, 7) is 5.64. The predicted octanol–water partition coefficient (Wildman–Crippen LogP) is 3.40. The lowest BCUT2D eigenvalue weighted by Gasteiger charge is -2.21. The summed E-state index contributed by atoms with van der Waals surface area (Å²) < 4.78 is 0. The number of likely N-dealkylation sites (tertiary alicyclic amines) is 1. The van der Waals surface area contributed by atoms with Gasteiger partial charge in [0.25, 0.3) is 5.69 Å². The molecule has 2 rings (SSSR count). The fourth-order valence-electron chi connectivity index (χ4n) is 2.79. The van der Waals surface area contributed by atoms with Gasteiger partial charge in [0.15, 0.2) is 0 Å². The molecule has 0 aliphatic carbocycles. The fraction of sp³-hybridized carbons (Fsp3) is 0.600. The number of nitro benzene ring substituents is 1. The third-order valence-corrected chi connectivity index (χ3v) is 3.77. The van der Waals surface area contributed by atoms with E-state index in [4.69, 9.17) is 0 Å². The third-order valence-electron chi connectivity index (χ3n) is 3.77. The Hall–Kier alpha value is -1.62. The maximum Gasteiger partial charge on any atom is 0.292 e. The number of rotatable bonds is 5. The molecule has 110 valence electrons. The normalized spacial score (nSPS) is 16.6. The van der Waals surface area contributed by atoms with Crippen LogP contribution < -0.4 is 5.32 Å². The van der Waals surface area contributed by atoms with Gasteiger partial charge in [-0.15, -0.1) is 0 Å². The van der Waals surface area contributed by atoms with E-state index in [0.717, 1.165) is 25.2 Å². The van der Waals surface area contributed by atoms with E-state index in [2.05, 4.69) is 10.2 Å². The summed E-state index contributed by atoms with van der Waals surface area (Å²) in [7, 11) is 0. The van der Waals surface area contributed by atoms with Crippen molar-refractivity contribution in [3.8, 4) is 0 Å². The minimum atomic E-state index is -0.302. The number of benzene rings is 1. The predicted molar refractivity (Wildman–Crippen MR) is 81.0 cm³/mol. The number of anilines is 1. The van der Waals surface area contributed by atoms with Crippen LogP contribution in [0.1, 0.15) is 38.2 Å². The molecular formula is C15H23N3O2. The van der Waals surface area contributed by atoms with Gasteiger partial charge in [0.05, 0.1) is 4.92 Å². The second-order valence-corrected chi connectivity index (χ2v) is 5.29. The first-order valence-corrected chi connectivity index (χ1v) is 7.45. The molecule has 0 spiro atoms. The van der Waals surface area contributed by atoms with Crippen LogP contribution in [-0.4, -0.2) is 29.5 Å². The topological polar surface area (TPSA) is 58.4 Å². The Kier molecular flexibility index (Phi) is 5.35. The highest BCUT2D eigenvalue weighted by Crippen LogP contribution is 2.29. The molecule has 0 unspecified atom stereocenters. The van der Waals surface area contributed by atoms with Gasteiger partial charge in [-0.3, -0.25) is 15.0 Å². The van der Waals surface area contributed by atoms with Crippen LogP contribution in [0.15, 0.2) is 18.2 Å². The van der Waals surface area contributed by atoms with Gasteiger partial charge in [-0.25, -0.2) is 0 Å². The van der Waals surface area contributed by atoms with Crippen molar-refractivity contribution in [2.24, 2.45) is 0 Å². The number of para-hydroxylation sites is 1. The van der Waals surface area contributed by atoms with Gasteiger partial charge in [-0.1, -0.05) is 25.0 Å². The fourth-order valence-corrected chi connectivity index (χ4v) is 2.79. The lowest BCUT2D eigenvalue weighted by molar-refractivity contribution is -0.384. The lowest BCUT2D eigenvalue weighted by atomic mass is 10.1. The highest BCUT2D eigenvalue weighted by Gasteiger charge is 2.18. The molecule has 1 heterocycles. The zero-order valence-corrected chi connectivity index (χ0v) is 12.1. The van der Waals surface area contributed by atoms with Gasteiger partial charge >= 0.3 is 0 Å². The van der Waals surface area contributed by atoms with Crippen LogP contribution in [0, 0.1) is 10.1 Å². The van der Waals surface area contributed by atoms with E-state index in [1.165, 1.54) is 25.7 Å². The standard InChI is InChI=1S/C15H23N3O2/c1-2-16-15-13(8-7-9-14(15)18(19)20)12-17-10-5-3-4-6-11-17/h7-9,16H,2-6,10-12H2,1H3. The third kappa shape index (κ3) is 3.70. The molecule has 1 N–H and O–H groups in total. The number of nitrogens with one attached hydrogen (secondary N) is 1. The molecule has 0 aromatic heterocycles. The molecule has 1 fully saturated rings. The van der Waals surface area contributed by atoms with Crippen molar-refractivity contribution < 1.29 is 4.92 Å². The van der Waals surface area contributed by atoms with E-state index in [0.29, 0.717) is 12.2 Å². The van der Waals surface area contributed by atoms with Crippen molar-refractivity contribution in [3.63, 3.8) is 0 Å². The summed E-state index contributed by atoms with van der Waals surface area (Å²) in [5.41, 5.74) is 1.89. The summed E-state index contributed by atoms with van der Waals surface area (Å²) in [6, 6.07) is 5.35. The van der Waals surface area contributed by atoms with Gasteiger partial charge in [-0.05, 0) is 38.4 Å². The van der Waals surface area contributed by atoms with Gasteiger partial charge < -0.3 is 5.32 Å². The molecule has 0 amide bonds. The van der Waals surface area contributed by atoms with E-state index in [-0.39, 0.29) is 10.6 Å². The van der Waals surface area contributed by atoms with Crippen molar-refractivity contribution >= 4 is 11.4 Å². The van der Waals surface area contributed by atoms with Crippen LogP contribution in [-0.2, 0) is 6.54 Å². The summed E-state index contributed by atoms with van der Waals surface area (Å²) in [5, 5.41) is 14.3. The van der Waals surface area contributed by atoms with Gasteiger partial charge in [-0.2, -0.15) is 0 Å². The monoisotopic (exact) mass is 277 g/mol. The molecule has 5 nitrogen and oxygen atoms in total. The molecule has 0 bridgehead atoms. The Morgan fingerprint density at radius 1 is 1.25 bits per heavy atom. The largest absolute Gasteiger partial charge is 0.380 e. The van der Waals surface area contributed by atoms with Crippen LogP contribution in [0.2, 0.25) is 0 Å². The Morgan fingerprint density at radius 2 is 1.95 bits per heavy atom. The molecule has 0 atom stereocenters. The van der Waals surface area contributed by atoms with Crippen molar-refractivity contribution in [1.29, 1.82) is 0 Å². The van der Waals surface area contributed by atoms with Crippen molar-refractivity contribution in [2.45, 2.75) is 39.2 Å². The van der Waals surface area contributed by atoms with E-state index >= 15 is 0 Å². The number of nitrogens with zero attached hydrogens (tertiary/aromatic N) is 2. The summed E-state index contributed by atoms with van der Waals surface area (Å²) in [6.07, 6.45) is 5.05. The second kappa shape index (κ2) is 7.24. The lowest BCUT2D eigenvalue weighted by Crippen LogP contribution is -2.24. The minimum absolute atomic E-state index is 0.180. The molecule has 20 heavy (non-hydrogen) atoms. The van der Waals surface area contributed by atoms with Gasteiger partial charge in [0, 0.05) is 19.2 Å². The van der Waals surface area contributed by atoms with Crippen LogP contribution in [0.25, 0.3) is 0 Å².